The van der Waals surface area contributed by atoms with Crippen LogP contribution in [0.5, 0.6) is 0 Å². The van der Waals surface area contributed by atoms with Crippen LogP contribution in [0.2, 0.25) is 0 Å². The Balaban J connectivity index is 0.00000210. The Bertz CT molecular complexity index is 818. The molecule has 1 atom stereocenters. The number of hydrogen-bond donors (Lipinski definition) is 3. The van der Waals surface area contributed by atoms with Crippen molar-refractivity contribution in [3.8, 4) is 0 Å². The lowest BCUT2D eigenvalue weighted by atomic mass is 9.95. The number of hydrogen-bond acceptors (Lipinski definition) is 3. The molecule has 142 valence electrons. The molecule has 3 N–H and O–H groups in total. The molecule has 5 nitrogen and oxygen atoms in total. The molecule has 1 aliphatic heterocycles. The van der Waals surface area contributed by atoms with Crippen molar-refractivity contribution in [1.29, 1.82) is 0 Å². The number of benzene rings is 2. The molecule has 2 aromatic carbocycles. The zero-order chi connectivity index (χ0) is 17.9. The highest BCUT2D eigenvalue weighted by Crippen LogP contribution is 2.19. The van der Waals surface area contributed by atoms with Crippen LogP contribution in [0.3, 0.4) is 0 Å². The van der Waals surface area contributed by atoms with Crippen molar-refractivity contribution in [2.75, 3.05) is 5.32 Å². The lowest BCUT2D eigenvalue weighted by Gasteiger charge is -2.25. The van der Waals surface area contributed by atoms with E-state index in [9.17, 15) is 9.59 Å². The highest BCUT2D eigenvalue weighted by Gasteiger charge is 2.24. The van der Waals surface area contributed by atoms with Crippen LogP contribution in [-0.4, -0.2) is 23.9 Å². The van der Waals surface area contributed by atoms with Crippen molar-refractivity contribution in [3.63, 3.8) is 0 Å². The first-order valence-corrected chi connectivity index (χ1v) is 9.17. The fraction of sp³-hybridized carbons (Fsp3) is 0.333. The minimum absolute atomic E-state index is 0. The monoisotopic (exact) mass is 385 g/mol. The van der Waals surface area contributed by atoms with Crippen LogP contribution in [0.4, 0.5) is 5.69 Å². The zero-order valence-corrected chi connectivity index (χ0v) is 15.9. The molecule has 0 radical (unpaired) electrons. The molecule has 4 rings (SSSR count). The summed E-state index contributed by atoms with van der Waals surface area (Å²) in [4.78, 5) is 24.4. The van der Waals surface area contributed by atoms with Crippen molar-refractivity contribution in [1.82, 2.24) is 10.6 Å². The Labute approximate surface area is 165 Å². The van der Waals surface area contributed by atoms with E-state index < -0.39 is 0 Å². The fourth-order valence-electron chi connectivity index (χ4n) is 3.27. The summed E-state index contributed by atoms with van der Waals surface area (Å²) in [5.41, 5.74) is 4.18. The maximum Gasteiger partial charge on any atom is 0.241 e. The zero-order valence-electron chi connectivity index (χ0n) is 15.0. The number of amides is 2. The molecular formula is C21H24ClN3O2. The number of rotatable bonds is 5. The van der Waals surface area contributed by atoms with Gasteiger partial charge in [-0.05, 0) is 48.1 Å². The maximum absolute atomic E-state index is 12.5. The number of fused-ring (bicyclic) bond motifs is 1. The van der Waals surface area contributed by atoms with Crippen LogP contribution < -0.4 is 16.0 Å². The van der Waals surface area contributed by atoms with Gasteiger partial charge < -0.3 is 16.0 Å². The first kappa shape index (κ1) is 19.4. The van der Waals surface area contributed by atoms with Crippen LogP contribution in [0, 0.1) is 0 Å². The molecule has 6 heteroatoms. The first-order chi connectivity index (χ1) is 12.7. The summed E-state index contributed by atoms with van der Waals surface area (Å²) in [6.45, 7) is 0.712. The minimum Gasteiger partial charge on any atom is -0.353 e. The Morgan fingerprint density at radius 1 is 1.00 bits per heavy atom. The predicted molar refractivity (Wildman–Crippen MR) is 108 cm³/mol. The van der Waals surface area contributed by atoms with Crippen molar-refractivity contribution >= 4 is 29.9 Å². The number of anilines is 1. The molecule has 2 amide bonds. The number of carbonyl (C=O) groups is 2. The first-order valence-electron chi connectivity index (χ1n) is 9.17. The van der Waals surface area contributed by atoms with Gasteiger partial charge in [0.2, 0.25) is 11.8 Å². The molecule has 2 aromatic rings. The summed E-state index contributed by atoms with van der Waals surface area (Å²) in [5, 5.41) is 9.24. The van der Waals surface area contributed by atoms with E-state index >= 15 is 0 Å². The highest BCUT2D eigenvalue weighted by molar-refractivity contribution is 5.95. The molecule has 0 aromatic heterocycles. The second-order valence-corrected chi connectivity index (χ2v) is 7.11. The topological polar surface area (TPSA) is 70.2 Å². The molecule has 0 unspecified atom stereocenters. The molecule has 27 heavy (non-hydrogen) atoms. The normalized spacial score (nSPS) is 18.0. The van der Waals surface area contributed by atoms with Crippen molar-refractivity contribution in [2.45, 2.75) is 44.3 Å². The second-order valence-electron chi connectivity index (χ2n) is 7.11. The molecule has 1 fully saturated rings. The largest absolute Gasteiger partial charge is 0.353 e. The maximum atomic E-state index is 12.5. The van der Waals surface area contributed by atoms with E-state index in [1.54, 1.807) is 0 Å². The Morgan fingerprint density at radius 3 is 2.41 bits per heavy atom. The van der Waals surface area contributed by atoms with E-state index in [1.807, 2.05) is 36.4 Å². The SMILES string of the molecule is Cl.O=C(Cc1ccc(NC(=O)[C@H]2Cc3ccccc3CN2)cc1)NC1CC1. The van der Waals surface area contributed by atoms with E-state index in [0.717, 1.165) is 24.1 Å². The molecule has 0 saturated heterocycles. The summed E-state index contributed by atoms with van der Waals surface area (Å²) >= 11 is 0. The molecule has 2 aliphatic rings. The van der Waals surface area contributed by atoms with Gasteiger partial charge >= 0.3 is 0 Å². The summed E-state index contributed by atoms with van der Waals surface area (Å²) in [6, 6.07) is 15.9. The van der Waals surface area contributed by atoms with Crippen molar-refractivity contribution in [2.24, 2.45) is 0 Å². The van der Waals surface area contributed by atoms with Gasteiger partial charge in [0.05, 0.1) is 12.5 Å². The van der Waals surface area contributed by atoms with E-state index in [4.69, 9.17) is 0 Å². The van der Waals surface area contributed by atoms with Crippen LogP contribution in [0.15, 0.2) is 48.5 Å². The van der Waals surface area contributed by atoms with Gasteiger partial charge in [-0.15, -0.1) is 12.4 Å². The Morgan fingerprint density at radius 2 is 1.70 bits per heavy atom. The van der Waals surface area contributed by atoms with Crippen LogP contribution >= 0.6 is 12.4 Å². The Hall–Kier alpha value is -2.37. The minimum atomic E-state index is -0.228. The summed E-state index contributed by atoms with van der Waals surface area (Å²) < 4.78 is 0. The summed E-state index contributed by atoms with van der Waals surface area (Å²) in [5.74, 6) is 0.0353. The van der Waals surface area contributed by atoms with Gasteiger partial charge in [0.25, 0.3) is 0 Å². The summed E-state index contributed by atoms with van der Waals surface area (Å²) in [7, 11) is 0. The predicted octanol–water partition coefficient (Wildman–Crippen LogP) is 2.58. The molecule has 1 aliphatic carbocycles. The van der Waals surface area contributed by atoms with Crippen LogP contribution in [0.25, 0.3) is 0 Å². The summed E-state index contributed by atoms with van der Waals surface area (Å²) in [6.07, 6.45) is 3.26. The molecule has 0 spiro atoms. The quantitative estimate of drug-likeness (QED) is 0.740. The molecule has 0 bridgehead atoms. The second kappa shape index (κ2) is 8.55. The molecule has 1 heterocycles. The van der Waals surface area contributed by atoms with E-state index in [0.29, 0.717) is 25.4 Å². The molecule has 1 saturated carbocycles. The van der Waals surface area contributed by atoms with Crippen LogP contribution in [0.1, 0.15) is 29.5 Å². The lowest BCUT2D eigenvalue weighted by molar-refractivity contribution is -0.120. The standard InChI is InChI=1S/C21H23N3O2.ClH/c25-20(23-17-9-10-17)11-14-5-7-18(8-6-14)24-21(26)19-12-15-3-1-2-4-16(15)13-22-19;/h1-8,17,19,22H,9-13H2,(H,23,25)(H,24,26);1H/t19-;/m1./s1. The van der Waals surface area contributed by atoms with Gasteiger partial charge in [0.15, 0.2) is 0 Å². The van der Waals surface area contributed by atoms with Gasteiger partial charge in [-0.2, -0.15) is 0 Å². The average Bonchev–Trinajstić information content (AvgIpc) is 3.46. The fourth-order valence-corrected chi connectivity index (χ4v) is 3.27. The van der Waals surface area contributed by atoms with E-state index in [1.165, 1.54) is 11.1 Å². The molecular weight excluding hydrogens is 362 g/mol. The van der Waals surface area contributed by atoms with Gasteiger partial charge in [-0.3, -0.25) is 9.59 Å². The van der Waals surface area contributed by atoms with Gasteiger partial charge in [0.1, 0.15) is 0 Å². The van der Waals surface area contributed by atoms with Crippen LogP contribution in [-0.2, 0) is 29.0 Å². The van der Waals surface area contributed by atoms with E-state index in [-0.39, 0.29) is 30.3 Å². The van der Waals surface area contributed by atoms with Crippen molar-refractivity contribution in [3.05, 3.63) is 65.2 Å². The number of carbonyl (C=O) groups excluding carboxylic acids is 2. The number of nitrogens with one attached hydrogen (secondary N) is 3. The Kier molecular flexibility index (Phi) is 6.14. The third-order valence-electron chi connectivity index (χ3n) is 4.93. The third kappa shape index (κ3) is 5.08. The highest BCUT2D eigenvalue weighted by atomic mass is 35.5. The number of halogens is 1. The third-order valence-corrected chi connectivity index (χ3v) is 4.93. The van der Waals surface area contributed by atoms with Gasteiger partial charge in [-0.1, -0.05) is 36.4 Å². The smallest absolute Gasteiger partial charge is 0.241 e. The van der Waals surface area contributed by atoms with Gasteiger partial charge in [-0.25, -0.2) is 0 Å². The lowest BCUT2D eigenvalue weighted by Crippen LogP contribution is -2.44. The van der Waals surface area contributed by atoms with Gasteiger partial charge in [0, 0.05) is 18.3 Å². The van der Waals surface area contributed by atoms with E-state index in [2.05, 4.69) is 28.1 Å². The van der Waals surface area contributed by atoms with Crippen molar-refractivity contribution < 1.29 is 9.59 Å². The average molecular weight is 386 g/mol.